The quantitative estimate of drug-likeness (QED) is 0.0798. The Kier molecular flexibility index (Phi) is 10.7. The number of hydrogen-bond donors (Lipinski definition) is 0. The Balaban J connectivity index is 1.36. The number of amides is 1. The molecule has 0 bridgehead atoms. The summed E-state index contributed by atoms with van der Waals surface area (Å²) in [5, 5.41) is 4.93. The van der Waals surface area contributed by atoms with Gasteiger partial charge in [0.05, 0.1) is 37.1 Å². The van der Waals surface area contributed by atoms with Crippen molar-refractivity contribution in [1.29, 1.82) is 0 Å². The molecule has 4 aromatic rings. The second-order valence-electron chi connectivity index (χ2n) is 10.4. The maximum absolute atomic E-state index is 13.6. The summed E-state index contributed by atoms with van der Waals surface area (Å²) < 4.78 is 19.1. The van der Waals surface area contributed by atoms with Crippen molar-refractivity contribution in [2.75, 3.05) is 27.4 Å². The molecule has 0 atom stereocenters. The van der Waals surface area contributed by atoms with Crippen molar-refractivity contribution < 1.29 is 19.0 Å². The van der Waals surface area contributed by atoms with E-state index in [1.807, 2.05) is 89.8 Å². The number of carbonyl (C=O) groups excluding carboxylic acids is 1. The second kappa shape index (κ2) is 15.1. The summed E-state index contributed by atoms with van der Waals surface area (Å²) in [4.78, 5) is 15.8. The molecule has 44 heavy (non-hydrogen) atoms. The van der Waals surface area contributed by atoms with Crippen LogP contribution in [0.1, 0.15) is 43.7 Å². The van der Waals surface area contributed by atoms with Crippen LogP contribution < -0.4 is 14.2 Å². The fraction of sp³-hybridized carbons (Fsp3) is 0.286. The minimum absolute atomic E-state index is 0.106. The summed E-state index contributed by atoms with van der Waals surface area (Å²) in [7, 11) is 3.22. The minimum Gasteiger partial charge on any atom is -0.494 e. The van der Waals surface area contributed by atoms with Crippen LogP contribution in [0.25, 0.3) is 23.0 Å². The average Bonchev–Trinajstić information content (AvgIpc) is 3.60. The predicted octanol–water partition coefficient (Wildman–Crippen LogP) is 7.96. The lowest BCUT2D eigenvalue weighted by atomic mass is 10.1. The molecular formula is C35H37N3O4S2. The van der Waals surface area contributed by atoms with Gasteiger partial charge in [0, 0.05) is 23.9 Å². The van der Waals surface area contributed by atoms with E-state index in [0.29, 0.717) is 40.3 Å². The standard InChI is InChI=1S/C35H37N3O4S2/c1-4-5-6-10-21-42-29-16-14-26(15-17-29)33-27(24-38(36-33)28-11-8-7-9-12-28)23-32-34(39)37(35(43)44-32)20-19-25-13-18-30(40-2)31(22-25)41-3/h7-9,11-18,22-24H,4-6,10,19-21H2,1-3H3/b32-23+. The number of para-hydroxylation sites is 1. The second-order valence-corrected chi connectivity index (χ2v) is 12.1. The zero-order valence-corrected chi connectivity index (χ0v) is 27.0. The first kappa shape index (κ1) is 31.3. The zero-order valence-electron chi connectivity index (χ0n) is 25.3. The van der Waals surface area contributed by atoms with E-state index in [-0.39, 0.29) is 5.91 Å². The van der Waals surface area contributed by atoms with Gasteiger partial charge in [-0.1, -0.05) is 74.4 Å². The molecule has 3 aromatic carbocycles. The van der Waals surface area contributed by atoms with Gasteiger partial charge in [0.1, 0.15) is 10.1 Å². The number of aromatic nitrogens is 2. The van der Waals surface area contributed by atoms with Crippen LogP contribution in [-0.2, 0) is 11.2 Å². The van der Waals surface area contributed by atoms with Gasteiger partial charge in [-0.3, -0.25) is 9.69 Å². The lowest BCUT2D eigenvalue weighted by Crippen LogP contribution is -2.30. The number of ether oxygens (including phenoxy) is 3. The molecule has 0 spiro atoms. The summed E-state index contributed by atoms with van der Waals surface area (Å²) in [6.45, 7) is 3.38. The van der Waals surface area contributed by atoms with Crippen LogP contribution in [0.15, 0.2) is 83.9 Å². The van der Waals surface area contributed by atoms with Crippen molar-refractivity contribution in [3.63, 3.8) is 0 Å². The van der Waals surface area contributed by atoms with E-state index >= 15 is 0 Å². The molecular weight excluding hydrogens is 591 g/mol. The molecule has 0 saturated carbocycles. The molecule has 0 radical (unpaired) electrons. The number of carbonyl (C=O) groups is 1. The molecule has 228 valence electrons. The Hall–Kier alpha value is -4.08. The maximum atomic E-state index is 13.6. The van der Waals surface area contributed by atoms with Crippen molar-refractivity contribution in [2.24, 2.45) is 0 Å². The number of thioether (sulfide) groups is 1. The van der Waals surface area contributed by atoms with Crippen molar-refractivity contribution in [1.82, 2.24) is 14.7 Å². The van der Waals surface area contributed by atoms with Crippen LogP contribution >= 0.6 is 24.0 Å². The molecule has 5 rings (SSSR count). The molecule has 0 aliphatic carbocycles. The highest BCUT2D eigenvalue weighted by molar-refractivity contribution is 8.26. The highest BCUT2D eigenvalue weighted by atomic mass is 32.2. The number of rotatable bonds is 14. The number of thiocarbonyl (C=S) groups is 1. The normalized spacial score (nSPS) is 14.0. The summed E-state index contributed by atoms with van der Waals surface area (Å²) in [5.41, 5.74) is 4.51. The van der Waals surface area contributed by atoms with Gasteiger partial charge >= 0.3 is 0 Å². The van der Waals surface area contributed by atoms with Crippen LogP contribution in [0.4, 0.5) is 0 Å². The minimum atomic E-state index is -0.106. The molecule has 1 fully saturated rings. The van der Waals surface area contributed by atoms with Gasteiger partial charge in [-0.15, -0.1) is 0 Å². The molecule has 2 heterocycles. The summed E-state index contributed by atoms with van der Waals surface area (Å²) in [6, 6.07) is 23.7. The van der Waals surface area contributed by atoms with Crippen molar-refractivity contribution in [3.8, 4) is 34.2 Å². The largest absolute Gasteiger partial charge is 0.494 e. The topological polar surface area (TPSA) is 65.8 Å². The van der Waals surface area contributed by atoms with Gasteiger partial charge in [-0.05, 0) is 73.0 Å². The Labute approximate surface area is 268 Å². The highest BCUT2D eigenvalue weighted by Crippen LogP contribution is 2.36. The van der Waals surface area contributed by atoms with Crippen LogP contribution in [0, 0.1) is 0 Å². The van der Waals surface area contributed by atoms with Crippen molar-refractivity contribution in [3.05, 3.63) is 95.0 Å². The SMILES string of the molecule is CCCCCCOc1ccc(-c2nn(-c3ccccc3)cc2/C=C2/SC(=S)N(CCc3ccc(OC)c(OC)c3)C2=O)cc1. The predicted molar refractivity (Wildman–Crippen MR) is 182 cm³/mol. The van der Waals surface area contributed by atoms with Crippen LogP contribution in [0.2, 0.25) is 0 Å². The van der Waals surface area contributed by atoms with Crippen molar-refractivity contribution in [2.45, 2.75) is 39.0 Å². The molecule has 1 amide bonds. The Morgan fingerprint density at radius 3 is 2.43 bits per heavy atom. The van der Waals surface area contributed by atoms with Crippen LogP contribution in [0.5, 0.6) is 17.2 Å². The summed E-state index contributed by atoms with van der Waals surface area (Å²) >= 11 is 6.96. The van der Waals surface area contributed by atoms with Gasteiger partial charge in [0.25, 0.3) is 5.91 Å². The molecule has 7 nitrogen and oxygen atoms in total. The third-order valence-corrected chi connectivity index (χ3v) is 8.77. The molecule has 1 aromatic heterocycles. The van der Waals surface area contributed by atoms with E-state index in [1.165, 1.54) is 31.0 Å². The third kappa shape index (κ3) is 7.52. The first-order chi connectivity index (χ1) is 21.5. The first-order valence-electron chi connectivity index (χ1n) is 14.8. The van der Waals surface area contributed by atoms with E-state index in [2.05, 4.69) is 6.92 Å². The highest BCUT2D eigenvalue weighted by Gasteiger charge is 2.32. The first-order valence-corrected chi connectivity index (χ1v) is 16.1. The Bertz CT molecular complexity index is 1620. The van der Waals surface area contributed by atoms with E-state index in [1.54, 1.807) is 19.1 Å². The molecule has 1 aliphatic heterocycles. The van der Waals surface area contributed by atoms with Gasteiger partial charge in [-0.2, -0.15) is 5.10 Å². The molecule has 1 aliphatic rings. The molecule has 0 N–H and O–H groups in total. The average molecular weight is 628 g/mol. The smallest absolute Gasteiger partial charge is 0.266 e. The van der Waals surface area contributed by atoms with Gasteiger partial charge in [0.2, 0.25) is 0 Å². The fourth-order valence-electron chi connectivity index (χ4n) is 4.97. The molecule has 1 saturated heterocycles. The van der Waals surface area contributed by atoms with Gasteiger partial charge in [0.15, 0.2) is 11.5 Å². The zero-order chi connectivity index (χ0) is 30.9. The number of unbranched alkanes of at least 4 members (excludes halogenated alkanes) is 3. The van der Waals surface area contributed by atoms with E-state index in [4.69, 9.17) is 31.5 Å². The number of methoxy groups -OCH3 is 2. The lowest BCUT2D eigenvalue weighted by Gasteiger charge is -2.15. The van der Waals surface area contributed by atoms with Crippen LogP contribution in [0.3, 0.4) is 0 Å². The third-order valence-electron chi connectivity index (χ3n) is 7.39. The van der Waals surface area contributed by atoms with E-state index < -0.39 is 0 Å². The monoisotopic (exact) mass is 627 g/mol. The number of nitrogens with zero attached hydrogens (tertiary/aromatic N) is 3. The Morgan fingerprint density at radius 2 is 1.70 bits per heavy atom. The fourth-order valence-corrected chi connectivity index (χ4v) is 6.27. The molecule has 0 unspecified atom stereocenters. The summed E-state index contributed by atoms with van der Waals surface area (Å²) in [6.07, 6.45) is 9.14. The Morgan fingerprint density at radius 1 is 0.932 bits per heavy atom. The van der Waals surface area contributed by atoms with Crippen LogP contribution in [-0.4, -0.2) is 52.3 Å². The summed E-state index contributed by atoms with van der Waals surface area (Å²) in [5.74, 6) is 2.06. The van der Waals surface area contributed by atoms with Gasteiger partial charge < -0.3 is 14.2 Å². The van der Waals surface area contributed by atoms with E-state index in [9.17, 15) is 4.79 Å². The van der Waals surface area contributed by atoms with Crippen molar-refractivity contribution >= 4 is 40.3 Å². The van der Waals surface area contributed by atoms with Gasteiger partial charge in [-0.25, -0.2) is 4.68 Å². The maximum Gasteiger partial charge on any atom is 0.266 e. The lowest BCUT2D eigenvalue weighted by molar-refractivity contribution is -0.122. The molecule has 9 heteroatoms. The number of benzene rings is 3. The van der Waals surface area contributed by atoms with E-state index in [0.717, 1.165) is 40.2 Å². The number of hydrogen-bond acceptors (Lipinski definition) is 7.